The van der Waals surface area contributed by atoms with Crippen LogP contribution in [0.1, 0.15) is 39.9 Å². The number of aryl methyl sites for hydroxylation is 2. The number of halogens is 1. The number of nitriles is 1. The minimum Gasteiger partial charge on any atom is -0.284 e. The van der Waals surface area contributed by atoms with E-state index in [4.69, 9.17) is 11.6 Å². The Morgan fingerprint density at radius 3 is 2.71 bits per heavy atom. The first kappa shape index (κ1) is 28.9. The Bertz CT molecular complexity index is 2210. The third-order valence-electron chi connectivity index (χ3n) is 6.43. The second kappa shape index (κ2) is 11.3. The molecule has 0 fully saturated rings. The lowest BCUT2D eigenvalue weighted by molar-refractivity contribution is 0.0983. The minimum atomic E-state index is -3.76. The number of pyridine rings is 2. The van der Waals surface area contributed by atoms with Gasteiger partial charge in [-0.15, -0.1) is 11.3 Å². The van der Waals surface area contributed by atoms with Gasteiger partial charge >= 0.3 is 0 Å². The van der Waals surface area contributed by atoms with Crippen molar-refractivity contribution >= 4 is 60.0 Å². The Hall–Kier alpha value is -4.62. The highest BCUT2D eigenvalue weighted by Crippen LogP contribution is 2.36. The molecule has 0 saturated heterocycles. The zero-order valence-electron chi connectivity index (χ0n) is 22.5. The van der Waals surface area contributed by atoms with E-state index in [9.17, 15) is 23.3 Å². The number of carbonyl (C=O) groups is 1. The summed E-state index contributed by atoms with van der Waals surface area (Å²) in [7, 11) is -3.76. The maximum Gasteiger partial charge on any atom is 0.267 e. The molecule has 1 amide bonds. The first-order chi connectivity index (χ1) is 20.0. The molecule has 1 aromatic carbocycles. The fourth-order valence-corrected chi connectivity index (χ4v) is 6.18. The Morgan fingerprint density at radius 2 is 2.00 bits per heavy atom. The number of nitrogens with one attached hydrogen (secondary N) is 1. The predicted octanol–water partition coefficient (Wildman–Crippen LogP) is 4.21. The number of hydrogen-bond acceptors (Lipinski definition) is 9. The number of hydrogen-bond donors (Lipinski definition) is 1. The van der Waals surface area contributed by atoms with Crippen molar-refractivity contribution in [3.05, 3.63) is 85.6 Å². The molecule has 10 nitrogen and oxygen atoms in total. The van der Waals surface area contributed by atoms with Crippen LogP contribution in [0.15, 0.2) is 46.8 Å². The van der Waals surface area contributed by atoms with E-state index >= 15 is 0 Å². The van der Waals surface area contributed by atoms with Gasteiger partial charge in [-0.3, -0.25) is 24.1 Å². The molecule has 0 atom stereocenters. The molecule has 4 heterocycles. The van der Waals surface area contributed by atoms with E-state index in [2.05, 4.69) is 32.9 Å². The number of rotatable bonds is 5. The van der Waals surface area contributed by atoms with Gasteiger partial charge in [0, 0.05) is 33.3 Å². The van der Waals surface area contributed by atoms with Crippen LogP contribution in [-0.4, -0.2) is 40.1 Å². The molecule has 5 rings (SSSR count). The van der Waals surface area contributed by atoms with Crippen molar-refractivity contribution in [3.8, 4) is 29.0 Å². The fraction of sp³-hybridized carbons (Fsp3) is 0.172. The predicted molar refractivity (Wildman–Crippen MR) is 162 cm³/mol. The van der Waals surface area contributed by atoms with Gasteiger partial charge in [0.2, 0.25) is 10.0 Å². The smallest absolute Gasteiger partial charge is 0.267 e. The van der Waals surface area contributed by atoms with Gasteiger partial charge in [-0.1, -0.05) is 30.4 Å². The van der Waals surface area contributed by atoms with Crippen molar-refractivity contribution in [2.24, 2.45) is 0 Å². The largest absolute Gasteiger partial charge is 0.284 e. The van der Waals surface area contributed by atoms with E-state index in [-0.39, 0.29) is 28.6 Å². The maximum absolute atomic E-state index is 13.4. The van der Waals surface area contributed by atoms with Gasteiger partial charge in [0.25, 0.3) is 11.5 Å². The van der Waals surface area contributed by atoms with E-state index in [0.29, 0.717) is 55.4 Å². The van der Waals surface area contributed by atoms with Crippen molar-refractivity contribution < 1.29 is 13.2 Å². The average molecular weight is 617 g/mol. The summed E-state index contributed by atoms with van der Waals surface area (Å²) in [4.78, 5) is 39.1. The van der Waals surface area contributed by atoms with Gasteiger partial charge < -0.3 is 0 Å². The van der Waals surface area contributed by atoms with Gasteiger partial charge in [0.15, 0.2) is 0 Å². The first-order valence-electron chi connectivity index (χ1n) is 12.5. The van der Waals surface area contributed by atoms with E-state index in [1.54, 1.807) is 36.6 Å². The number of sulfonamides is 1. The highest BCUT2D eigenvalue weighted by Gasteiger charge is 2.20. The molecule has 0 aliphatic carbocycles. The Kier molecular flexibility index (Phi) is 7.80. The van der Waals surface area contributed by atoms with Crippen LogP contribution < -0.4 is 10.3 Å². The Morgan fingerprint density at radius 1 is 1.21 bits per heavy atom. The number of nitrogens with zero attached hydrogens (tertiary/aromatic N) is 5. The van der Waals surface area contributed by atoms with Crippen molar-refractivity contribution in [2.45, 2.75) is 26.8 Å². The van der Waals surface area contributed by atoms with Crippen LogP contribution in [0.3, 0.4) is 0 Å². The summed E-state index contributed by atoms with van der Waals surface area (Å²) in [5.41, 5.74) is 3.20. The zero-order valence-corrected chi connectivity index (χ0v) is 24.9. The van der Waals surface area contributed by atoms with Crippen molar-refractivity contribution in [2.75, 3.05) is 6.26 Å². The lowest BCUT2D eigenvalue weighted by atomic mass is 10.00. The molecular weight excluding hydrogens is 596 g/mol. The molecule has 5 aromatic rings. The Balaban J connectivity index is 1.57. The molecule has 1 N–H and O–H groups in total. The molecule has 0 aliphatic heterocycles. The molecule has 0 radical (unpaired) electrons. The van der Waals surface area contributed by atoms with Gasteiger partial charge in [0.05, 0.1) is 56.9 Å². The van der Waals surface area contributed by atoms with E-state index in [1.165, 1.54) is 28.3 Å². The second-order valence-corrected chi connectivity index (χ2v) is 12.3. The topological polar surface area (TPSA) is 148 Å². The molecule has 4 aromatic heterocycles. The summed E-state index contributed by atoms with van der Waals surface area (Å²) in [6.07, 6.45) is 4.44. The van der Waals surface area contributed by atoms with E-state index in [0.717, 1.165) is 6.26 Å². The second-order valence-electron chi connectivity index (χ2n) is 9.24. The Labute approximate surface area is 249 Å². The molecule has 210 valence electrons. The van der Waals surface area contributed by atoms with E-state index in [1.807, 2.05) is 11.6 Å². The standard InChI is InChI=1S/C29H21ClN6O4S2/c1-4-23-21(13-31)25-24(14-33-23)34-16(2)36(29(25)38)11-5-6-17-7-8-18(30)12-20(17)19-9-10-32-26-22(15-41-27(19)26)28(37)35-42(3,39)40/h7-10,12,14-15H,4,11H2,1-3H3,(H,35,37). The lowest BCUT2D eigenvalue weighted by Gasteiger charge is -2.10. The van der Waals surface area contributed by atoms with Gasteiger partial charge in [-0.2, -0.15) is 5.26 Å². The summed E-state index contributed by atoms with van der Waals surface area (Å²) < 4.78 is 27.2. The van der Waals surface area contributed by atoms with Crippen LogP contribution in [0.4, 0.5) is 0 Å². The molecular formula is C29H21ClN6O4S2. The van der Waals surface area contributed by atoms with E-state index < -0.39 is 15.9 Å². The zero-order chi connectivity index (χ0) is 30.2. The van der Waals surface area contributed by atoms with Crippen molar-refractivity contribution in [3.63, 3.8) is 0 Å². The van der Waals surface area contributed by atoms with Crippen LogP contribution in [0.2, 0.25) is 5.02 Å². The molecule has 0 unspecified atom stereocenters. The highest BCUT2D eigenvalue weighted by atomic mass is 35.5. The third kappa shape index (κ3) is 5.48. The number of fused-ring (bicyclic) bond motifs is 2. The van der Waals surface area contributed by atoms with Crippen molar-refractivity contribution in [1.29, 1.82) is 5.26 Å². The molecule has 13 heteroatoms. The molecule has 0 bridgehead atoms. The van der Waals surface area contributed by atoms with Gasteiger partial charge in [-0.05, 0) is 37.6 Å². The van der Waals surface area contributed by atoms with Crippen LogP contribution in [0.5, 0.6) is 0 Å². The average Bonchev–Trinajstić information content (AvgIpc) is 3.38. The number of carbonyl (C=O) groups excluding carboxylic acids is 1. The van der Waals surface area contributed by atoms with Crippen LogP contribution in [0.25, 0.3) is 32.2 Å². The summed E-state index contributed by atoms with van der Waals surface area (Å²) in [5, 5.41) is 11.9. The van der Waals surface area contributed by atoms with Crippen LogP contribution >= 0.6 is 22.9 Å². The van der Waals surface area contributed by atoms with Crippen molar-refractivity contribution in [1.82, 2.24) is 24.2 Å². The number of aromatic nitrogens is 4. The fourth-order valence-electron chi connectivity index (χ4n) is 4.52. The summed E-state index contributed by atoms with van der Waals surface area (Å²) in [6, 6.07) is 9.05. The first-order valence-corrected chi connectivity index (χ1v) is 15.6. The quantitative estimate of drug-likeness (QED) is 0.289. The lowest BCUT2D eigenvalue weighted by Crippen LogP contribution is -2.29. The maximum atomic E-state index is 13.4. The molecule has 42 heavy (non-hydrogen) atoms. The minimum absolute atomic E-state index is 0.0187. The number of amides is 1. The SMILES string of the molecule is CCc1ncc2nc(C)n(CC#Cc3ccc(Cl)cc3-c3ccnc4c(C(=O)NS(C)(=O)=O)csc34)c(=O)c2c1C#N. The number of benzene rings is 1. The molecule has 0 aliphatic rings. The monoisotopic (exact) mass is 616 g/mol. The summed E-state index contributed by atoms with van der Waals surface area (Å²) >= 11 is 7.59. The van der Waals surface area contributed by atoms with Gasteiger partial charge in [-0.25, -0.2) is 18.1 Å². The third-order valence-corrected chi connectivity index (χ3v) is 8.22. The summed E-state index contributed by atoms with van der Waals surface area (Å²) in [5.74, 6) is 5.82. The normalized spacial score (nSPS) is 11.2. The molecule has 0 saturated carbocycles. The summed E-state index contributed by atoms with van der Waals surface area (Å²) in [6.45, 7) is 3.57. The van der Waals surface area contributed by atoms with Crippen LogP contribution in [-0.2, 0) is 23.0 Å². The molecule has 0 spiro atoms. The van der Waals surface area contributed by atoms with Gasteiger partial charge in [0.1, 0.15) is 11.9 Å². The van der Waals surface area contributed by atoms with Crippen LogP contribution in [0, 0.1) is 30.1 Å². The highest BCUT2D eigenvalue weighted by molar-refractivity contribution is 7.89. The number of thiophene rings is 1.